The van der Waals surface area contributed by atoms with Crippen LogP contribution in [0.25, 0.3) is 5.57 Å². The molecule has 1 aromatic rings. The minimum atomic E-state index is 0.744. The van der Waals surface area contributed by atoms with E-state index in [1.165, 1.54) is 0 Å². The smallest absolute Gasteiger partial charge is 0.209 e. The maximum Gasteiger partial charge on any atom is 0.209 e. The van der Waals surface area contributed by atoms with Crippen LogP contribution in [0, 0.1) is 0 Å². The van der Waals surface area contributed by atoms with E-state index in [1.54, 1.807) is 18.9 Å². The molecule has 0 fully saturated rings. The molecule has 1 aromatic heterocycles. The SMILES string of the molecule is C=C(C)CSc1n[nH]c(/C(C)=C/C=C(\C)OC)n1. The fourth-order valence-corrected chi connectivity index (χ4v) is 1.71. The van der Waals surface area contributed by atoms with Crippen molar-refractivity contribution in [3.8, 4) is 0 Å². The van der Waals surface area contributed by atoms with Gasteiger partial charge < -0.3 is 4.74 Å². The van der Waals surface area contributed by atoms with E-state index in [2.05, 4.69) is 21.8 Å². The summed E-state index contributed by atoms with van der Waals surface area (Å²) in [5.41, 5.74) is 2.12. The first-order valence-electron chi connectivity index (χ1n) is 5.62. The Balaban J connectivity index is 2.70. The van der Waals surface area contributed by atoms with E-state index in [1.807, 2.05) is 32.9 Å². The zero-order chi connectivity index (χ0) is 13.5. The molecule has 0 bridgehead atoms. The molecule has 0 atom stereocenters. The largest absolute Gasteiger partial charge is 0.501 e. The predicted octanol–water partition coefficient (Wildman–Crippen LogP) is 3.43. The number of hydrogen-bond donors (Lipinski definition) is 1. The Bertz CT molecular complexity index is 474. The standard InChI is InChI=1S/C13H19N3OS/c1-9(2)8-18-13-14-12(15-16-13)10(3)6-7-11(4)17-5/h6-7H,1,8H2,2-5H3,(H,14,15,16)/b10-6+,11-7+. The van der Waals surface area contributed by atoms with Crippen molar-refractivity contribution in [1.82, 2.24) is 15.2 Å². The first kappa shape index (κ1) is 14.6. The number of nitrogens with zero attached hydrogens (tertiary/aromatic N) is 2. The van der Waals surface area contributed by atoms with Crippen molar-refractivity contribution < 1.29 is 4.74 Å². The lowest BCUT2D eigenvalue weighted by molar-refractivity contribution is 0.294. The van der Waals surface area contributed by atoms with Crippen molar-refractivity contribution in [2.75, 3.05) is 12.9 Å². The summed E-state index contributed by atoms with van der Waals surface area (Å²) in [5, 5.41) is 7.81. The van der Waals surface area contributed by atoms with E-state index in [-0.39, 0.29) is 0 Å². The normalized spacial score (nSPS) is 12.7. The van der Waals surface area contributed by atoms with Gasteiger partial charge in [0.2, 0.25) is 5.16 Å². The molecule has 5 heteroatoms. The monoisotopic (exact) mass is 265 g/mol. The van der Waals surface area contributed by atoms with Crippen molar-refractivity contribution in [3.05, 3.63) is 35.9 Å². The molecule has 0 amide bonds. The van der Waals surface area contributed by atoms with Crippen LogP contribution in [-0.2, 0) is 4.74 Å². The van der Waals surface area contributed by atoms with E-state index in [9.17, 15) is 0 Å². The summed E-state index contributed by atoms with van der Waals surface area (Å²) in [7, 11) is 1.65. The van der Waals surface area contributed by atoms with Crippen LogP contribution in [-0.4, -0.2) is 28.0 Å². The molecule has 0 aliphatic carbocycles. The van der Waals surface area contributed by atoms with Gasteiger partial charge >= 0.3 is 0 Å². The molecule has 0 aliphatic rings. The van der Waals surface area contributed by atoms with Gasteiger partial charge in [0.15, 0.2) is 5.82 Å². The average Bonchev–Trinajstić information content (AvgIpc) is 2.81. The fourth-order valence-electron chi connectivity index (χ4n) is 1.06. The van der Waals surface area contributed by atoms with Crippen LogP contribution in [0.15, 0.2) is 35.2 Å². The zero-order valence-corrected chi connectivity index (χ0v) is 12.1. The van der Waals surface area contributed by atoms with E-state index in [4.69, 9.17) is 4.74 Å². The molecular formula is C13H19N3OS. The summed E-state index contributed by atoms with van der Waals surface area (Å²) in [4.78, 5) is 4.40. The maximum absolute atomic E-state index is 5.06. The molecule has 0 spiro atoms. The Morgan fingerprint density at radius 3 is 2.72 bits per heavy atom. The number of methoxy groups -OCH3 is 1. The van der Waals surface area contributed by atoms with Crippen LogP contribution in [0.4, 0.5) is 0 Å². The summed E-state index contributed by atoms with van der Waals surface area (Å²) in [6.07, 6.45) is 3.85. The van der Waals surface area contributed by atoms with Gasteiger partial charge in [-0.2, -0.15) is 0 Å². The molecule has 0 saturated carbocycles. The van der Waals surface area contributed by atoms with Gasteiger partial charge in [0.1, 0.15) is 0 Å². The van der Waals surface area contributed by atoms with Gasteiger partial charge in [-0.25, -0.2) is 4.98 Å². The highest BCUT2D eigenvalue weighted by Crippen LogP contribution is 2.17. The van der Waals surface area contributed by atoms with Crippen molar-refractivity contribution in [3.63, 3.8) is 0 Å². The third kappa shape index (κ3) is 4.79. The molecule has 1 N–H and O–H groups in total. The van der Waals surface area contributed by atoms with Crippen LogP contribution in [0.2, 0.25) is 0 Å². The number of hydrogen-bond acceptors (Lipinski definition) is 4. The minimum Gasteiger partial charge on any atom is -0.501 e. The summed E-state index contributed by atoms with van der Waals surface area (Å²) in [6.45, 7) is 9.72. The lowest BCUT2D eigenvalue weighted by atomic mass is 10.2. The average molecular weight is 265 g/mol. The molecule has 0 aliphatic heterocycles. The van der Waals surface area contributed by atoms with Crippen LogP contribution in [0.3, 0.4) is 0 Å². The Morgan fingerprint density at radius 1 is 1.39 bits per heavy atom. The maximum atomic E-state index is 5.06. The first-order chi connectivity index (χ1) is 8.52. The van der Waals surface area contributed by atoms with E-state index >= 15 is 0 Å². The Kier molecular flexibility index (Phi) is 5.71. The predicted molar refractivity (Wildman–Crippen MR) is 76.3 cm³/mol. The summed E-state index contributed by atoms with van der Waals surface area (Å²) >= 11 is 1.58. The lowest BCUT2D eigenvalue weighted by Gasteiger charge is -1.96. The van der Waals surface area contributed by atoms with Crippen molar-refractivity contribution in [2.45, 2.75) is 25.9 Å². The third-order valence-electron chi connectivity index (χ3n) is 2.18. The molecule has 0 saturated heterocycles. The number of thioether (sulfide) groups is 1. The second kappa shape index (κ2) is 7.06. The molecular weight excluding hydrogens is 246 g/mol. The van der Waals surface area contributed by atoms with Crippen molar-refractivity contribution in [1.29, 1.82) is 0 Å². The Morgan fingerprint density at radius 2 is 2.11 bits per heavy atom. The van der Waals surface area contributed by atoms with Gasteiger partial charge in [0.25, 0.3) is 0 Å². The lowest BCUT2D eigenvalue weighted by Crippen LogP contribution is -1.84. The Labute approximate surface area is 112 Å². The highest BCUT2D eigenvalue weighted by atomic mass is 32.2. The van der Waals surface area contributed by atoms with Crippen LogP contribution in [0.5, 0.6) is 0 Å². The summed E-state index contributed by atoms with van der Waals surface area (Å²) < 4.78 is 5.06. The van der Waals surface area contributed by atoms with Gasteiger partial charge in [-0.3, -0.25) is 5.10 Å². The number of allylic oxidation sites excluding steroid dienone is 4. The number of aromatic amines is 1. The second-order valence-electron chi connectivity index (χ2n) is 4.04. The summed E-state index contributed by atoms with van der Waals surface area (Å²) in [6, 6.07) is 0. The number of rotatable bonds is 6. The van der Waals surface area contributed by atoms with Crippen LogP contribution >= 0.6 is 11.8 Å². The van der Waals surface area contributed by atoms with Crippen LogP contribution in [0.1, 0.15) is 26.6 Å². The second-order valence-corrected chi connectivity index (χ2v) is 4.99. The molecule has 1 heterocycles. The van der Waals surface area contributed by atoms with Gasteiger partial charge in [-0.15, -0.1) is 5.10 Å². The highest BCUT2D eigenvalue weighted by Gasteiger charge is 2.04. The molecule has 18 heavy (non-hydrogen) atoms. The van der Waals surface area contributed by atoms with E-state index in [0.717, 1.165) is 33.6 Å². The molecule has 0 unspecified atom stereocenters. The van der Waals surface area contributed by atoms with Gasteiger partial charge in [-0.05, 0) is 32.4 Å². The first-order valence-corrected chi connectivity index (χ1v) is 6.60. The highest BCUT2D eigenvalue weighted by molar-refractivity contribution is 7.99. The van der Waals surface area contributed by atoms with Crippen LogP contribution < -0.4 is 0 Å². The topological polar surface area (TPSA) is 50.8 Å². The number of ether oxygens (including phenoxy) is 1. The molecule has 0 radical (unpaired) electrons. The number of nitrogens with one attached hydrogen (secondary N) is 1. The molecule has 1 rings (SSSR count). The molecule has 4 nitrogen and oxygen atoms in total. The van der Waals surface area contributed by atoms with E-state index in [0.29, 0.717) is 0 Å². The molecule has 0 aromatic carbocycles. The van der Waals surface area contributed by atoms with Crippen molar-refractivity contribution in [2.24, 2.45) is 0 Å². The minimum absolute atomic E-state index is 0.744. The fraction of sp³-hybridized carbons (Fsp3) is 0.385. The van der Waals surface area contributed by atoms with Gasteiger partial charge in [0.05, 0.1) is 12.9 Å². The zero-order valence-electron chi connectivity index (χ0n) is 11.3. The van der Waals surface area contributed by atoms with Gasteiger partial charge in [0, 0.05) is 5.75 Å². The quantitative estimate of drug-likeness (QED) is 0.370. The Hall–Kier alpha value is -1.49. The molecule has 98 valence electrons. The third-order valence-corrected chi connectivity index (χ3v) is 3.25. The van der Waals surface area contributed by atoms with Gasteiger partial charge in [-0.1, -0.05) is 30.0 Å². The van der Waals surface area contributed by atoms with Crippen molar-refractivity contribution >= 4 is 17.3 Å². The summed E-state index contributed by atoms with van der Waals surface area (Å²) in [5.74, 6) is 2.47. The number of aromatic nitrogens is 3. The van der Waals surface area contributed by atoms with E-state index < -0.39 is 0 Å². The number of H-pyrrole nitrogens is 1.